The van der Waals surface area contributed by atoms with E-state index in [1.165, 1.54) is 11.3 Å². The number of nitro benzene ring substituents is 1. The van der Waals surface area contributed by atoms with Crippen molar-refractivity contribution >= 4 is 44.1 Å². The molecule has 1 aliphatic carbocycles. The normalized spacial score (nSPS) is 18.9. The number of carboxylic acids is 2. The van der Waals surface area contributed by atoms with Crippen molar-refractivity contribution in [3.8, 4) is 0 Å². The molecule has 2 heterocycles. The fraction of sp³-hybridized carbons (Fsp3) is 0.560. The number of carbonyl (C=O) groups is 2. The molecule has 2 aliphatic rings. The summed E-state index contributed by atoms with van der Waals surface area (Å²) < 4.78 is 40.2. The lowest BCUT2D eigenvalue weighted by molar-refractivity contribution is -0.383. The molecule has 1 aromatic carbocycles. The number of benzene rings is 1. The first-order valence-corrected chi connectivity index (χ1v) is 13.6. The Labute approximate surface area is 229 Å². The summed E-state index contributed by atoms with van der Waals surface area (Å²) in [5, 5.41) is 41.0. The smallest absolute Gasteiger partial charge is 0.416 e. The first kappa shape index (κ1) is 29.7. The number of rotatable bonds is 8. The minimum atomic E-state index is -5.08. The van der Waals surface area contributed by atoms with Crippen LogP contribution in [-0.2, 0) is 21.4 Å². The summed E-state index contributed by atoms with van der Waals surface area (Å²) in [6, 6.07) is 0.657. The minimum absolute atomic E-state index is 0.219. The molecule has 1 aromatic heterocycles. The summed E-state index contributed by atoms with van der Waals surface area (Å²) in [6.45, 7) is 2.25. The van der Waals surface area contributed by atoms with Gasteiger partial charge in [-0.2, -0.15) is 13.2 Å². The van der Waals surface area contributed by atoms with Crippen molar-refractivity contribution in [1.29, 1.82) is 0 Å². The molecule has 218 valence electrons. The van der Waals surface area contributed by atoms with Crippen LogP contribution in [0.1, 0.15) is 49.7 Å². The predicted molar refractivity (Wildman–Crippen MR) is 139 cm³/mol. The van der Waals surface area contributed by atoms with E-state index in [1.54, 1.807) is 0 Å². The van der Waals surface area contributed by atoms with Crippen molar-refractivity contribution in [2.45, 2.75) is 50.3 Å². The van der Waals surface area contributed by atoms with Crippen molar-refractivity contribution < 1.29 is 43.0 Å². The van der Waals surface area contributed by atoms with Gasteiger partial charge in [0.1, 0.15) is 9.70 Å². The van der Waals surface area contributed by atoms with Gasteiger partial charge in [0.15, 0.2) is 5.43 Å². The Morgan fingerprint density at radius 2 is 1.70 bits per heavy atom. The van der Waals surface area contributed by atoms with Crippen molar-refractivity contribution in [2.75, 3.05) is 37.6 Å². The molecule has 0 radical (unpaired) electrons. The van der Waals surface area contributed by atoms with Gasteiger partial charge in [0.2, 0.25) is 5.60 Å². The van der Waals surface area contributed by atoms with Gasteiger partial charge >= 0.3 is 18.1 Å². The molecule has 4 rings (SSSR count). The number of hydrogen-bond donors (Lipinski definition) is 3. The van der Waals surface area contributed by atoms with Crippen molar-refractivity contribution in [3.05, 3.63) is 43.6 Å². The quantitative estimate of drug-likeness (QED) is 0.307. The monoisotopic (exact) mass is 587 g/mol. The van der Waals surface area contributed by atoms with Gasteiger partial charge in [0.05, 0.1) is 22.5 Å². The van der Waals surface area contributed by atoms with Crippen LogP contribution in [0.3, 0.4) is 0 Å². The second kappa shape index (κ2) is 11.3. The lowest BCUT2D eigenvalue weighted by Gasteiger charge is -2.39. The van der Waals surface area contributed by atoms with Crippen molar-refractivity contribution in [3.63, 3.8) is 0 Å². The number of nitrogens with zero attached hydrogens (tertiary/aromatic N) is 3. The summed E-state index contributed by atoms with van der Waals surface area (Å²) in [4.78, 5) is 51.8. The number of piperazine rings is 1. The maximum Gasteiger partial charge on any atom is 0.416 e. The Balaban J connectivity index is 1.87. The number of aliphatic hydroxyl groups is 1. The maximum absolute atomic E-state index is 13.7. The molecule has 2 aromatic rings. The van der Waals surface area contributed by atoms with Crippen LogP contribution in [0.25, 0.3) is 10.1 Å². The molecular formula is C25H28F3N3O8S. The number of anilines is 1. The fourth-order valence-corrected chi connectivity index (χ4v) is 6.88. The number of halogens is 3. The first-order valence-electron chi connectivity index (χ1n) is 12.7. The Morgan fingerprint density at radius 3 is 2.23 bits per heavy atom. The van der Waals surface area contributed by atoms with Crippen LogP contribution < -0.4 is 10.3 Å². The van der Waals surface area contributed by atoms with Gasteiger partial charge in [-0.15, -0.1) is 11.3 Å². The van der Waals surface area contributed by atoms with E-state index in [1.807, 2.05) is 0 Å². The van der Waals surface area contributed by atoms with E-state index in [0.717, 1.165) is 32.2 Å². The van der Waals surface area contributed by atoms with Crippen LogP contribution in [0.2, 0.25) is 0 Å². The topological polar surface area (TPSA) is 162 Å². The molecule has 1 saturated carbocycles. The third-order valence-corrected chi connectivity index (χ3v) is 8.84. The third kappa shape index (κ3) is 5.90. The summed E-state index contributed by atoms with van der Waals surface area (Å²) in [5.74, 6) is -3.32. The number of hydrogen-bond acceptors (Lipinski definition) is 9. The number of non-ortho nitro benzene ring substituents is 1. The fourth-order valence-electron chi connectivity index (χ4n) is 5.51. The maximum atomic E-state index is 13.7. The van der Waals surface area contributed by atoms with E-state index < -0.39 is 67.4 Å². The van der Waals surface area contributed by atoms with Gasteiger partial charge in [0.25, 0.3) is 5.69 Å². The number of carboxylic acid groups (broad SMARTS) is 2. The molecule has 1 aliphatic heterocycles. The first-order chi connectivity index (χ1) is 18.7. The number of alkyl halides is 3. The summed E-state index contributed by atoms with van der Waals surface area (Å²) in [5.41, 5.74) is -8.15. The van der Waals surface area contributed by atoms with E-state index in [2.05, 4.69) is 4.90 Å². The highest BCUT2D eigenvalue weighted by molar-refractivity contribution is 7.22. The standard InChI is InChI=1S/C25H28F3N3O8S/c26-25(27,28)15-10-16-20(34)19(24(37,23(35)36)12-18(32)33)22(40-21(16)17(11-15)31(38)39)30-8-6-29(7-9-30)13-14-4-2-1-3-5-14/h10-11,14,37H,1-9,12-13H2,(H,32,33)(H,35,36). The van der Waals surface area contributed by atoms with Crippen LogP contribution >= 0.6 is 11.3 Å². The number of nitro groups is 1. The SMILES string of the molecule is O=C(O)CC(O)(C(=O)O)c1c(N2CCN(CC3CCCCC3)CC2)sc2c([N+](=O)[O-])cc(C(F)(F)F)cc2c1=O. The van der Waals surface area contributed by atoms with Crippen LogP contribution in [0, 0.1) is 16.0 Å². The third-order valence-electron chi connectivity index (χ3n) is 7.55. The molecule has 3 N–H and O–H groups in total. The molecule has 1 unspecified atom stereocenters. The molecule has 15 heteroatoms. The van der Waals surface area contributed by atoms with E-state index in [0.29, 0.717) is 42.5 Å². The van der Waals surface area contributed by atoms with Crippen LogP contribution in [-0.4, -0.2) is 69.8 Å². The predicted octanol–water partition coefficient (Wildman–Crippen LogP) is 3.64. The molecule has 40 heavy (non-hydrogen) atoms. The van der Waals surface area contributed by atoms with Gasteiger partial charge in [-0.25, -0.2) is 4.79 Å². The molecule has 0 spiro atoms. The zero-order chi connectivity index (χ0) is 29.4. The zero-order valence-corrected chi connectivity index (χ0v) is 22.1. The molecular weight excluding hydrogens is 559 g/mol. The number of aliphatic carboxylic acids is 2. The van der Waals surface area contributed by atoms with Crippen molar-refractivity contribution in [1.82, 2.24) is 4.90 Å². The second-order valence-corrected chi connectivity index (χ2v) is 11.3. The molecule has 2 fully saturated rings. The minimum Gasteiger partial charge on any atom is -0.481 e. The zero-order valence-electron chi connectivity index (χ0n) is 21.3. The molecule has 1 saturated heterocycles. The Kier molecular flexibility index (Phi) is 8.38. The van der Waals surface area contributed by atoms with Crippen LogP contribution in [0.4, 0.5) is 23.9 Å². The Hall–Kier alpha value is -3.30. The van der Waals surface area contributed by atoms with Gasteiger partial charge < -0.3 is 20.2 Å². The molecule has 0 bridgehead atoms. The number of fused-ring (bicyclic) bond motifs is 1. The largest absolute Gasteiger partial charge is 0.481 e. The van der Waals surface area contributed by atoms with Gasteiger partial charge in [-0.1, -0.05) is 19.3 Å². The molecule has 11 nitrogen and oxygen atoms in total. The van der Waals surface area contributed by atoms with E-state index in [4.69, 9.17) is 0 Å². The summed E-state index contributed by atoms with van der Waals surface area (Å²) in [6.07, 6.45) is -0.787. The van der Waals surface area contributed by atoms with E-state index in [-0.39, 0.29) is 18.1 Å². The van der Waals surface area contributed by atoms with Crippen LogP contribution in [0.15, 0.2) is 16.9 Å². The highest BCUT2D eigenvalue weighted by Crippen LogP contribution is 2.43. The lowest BCUT2D eigenvalue weighted by atomic mass is 9.88. The van der Waals surface area contributed by atoms with Gasteiger partial charge in [-0.3, -0.25) is 24.6 Å². The highest BCUT2D eigenvalue weighted by atomic mass is 32.1. The highest BCUT2D eigenvalue weighted by Gasteiger charge is 2.47. The van der Waals surface area contributed by atoms with Gasteiger partial charge in [-0.05, 0) is 24.8 Å². The van der Waals surface area contributed by atoms with E-state index >= 15 is 0 Å². The van der Waals surface area contributed by atoms with Gasteiger partial charge in [0, 0.05) is 44.2 Å². The Morgan fingerprint density at radius 1 is 1.07 bits per heavy atom. The average Bonchev–Trinajstić information content (AvgIpc) is 2.88. The lowest BCUT2D eigenvalue weighted by Crippen LogP contribution is -2.50. The summed E-state index contributed by atoms with van der Waals surface area (Å²) >= 11 is 0.499. The molecule has 0 amide bonds. The average molecular weight is 588 g/mol. The second-order valence-electron chi connectivity index (χ2n) is 10.3. The Bertz CT molecular complexity index is 1380. The summed E-state index contributed by atoms with van der Waals surface area (Å²) in [7, 11) is 0. The molecule has 1 atom stereocenters. The van der Waals surface area contributed by atoms with Crippen molar-refractivity contribution in [2.24, 2.45) is 5.92 Å². The van der Waals surface area contributed by atoms with Crippen LogP contribution in [0.5, 0.6) is 0 Å². The van der Waals surface area contributed by atoms with E-state index in [9.17, 15) is 53.0 Å².